The van der Waals surface area contributed by atoms with Gasteiger partial charge < -0.3 is 14.6 Å². The molecule has 18 heavy (non-hydrogen) atoms. The maximum absolute atomic E-state index is 11.8. The number of methoxy groups -OCH3 is 2. The molecule has 2 unspecified atom stereocenters. The Morgan fingerprint density at radius 3 is 2.17 bits per heavy atom. The Morgan fingerprint density at radius 2 is 1.83 bits per heavy atom. The second kappa shape index (κ2) is 6.90. The van der Waals surface area contributed by atoms with Gasteiger partial charge in [-0.2, -0.15) is 0 Å². The molecule has 0 fully saturated rings. The lowest BCUT2D eigenvalue weighted by Gasteiger charge is -2.28. The van der Waals surface area contributed by atoms with E-state index < -0.39 is 29.2 Å². The van der Waals surface area contributed by atoms with Crippen LogP contribution in [0.3, 0.4) is 0 Å². The van der Waals surface area contributed by atoms with E-state index in [1.54, 1.807) is 19.9 Å². The molecule has 0 bridgehead atoms. The van der Waals surface area contributed by atoms with E-state index in [0.717, 1.165) is 14.2 Å². The van der Waals surface area contributed by atoms with Crippen molar-refractivity contribution >= 4 is 17.7 Å². The highest BCUT2D eigenvalue weighted by atomic mass is 16.5. The van der Waals surface area contributed by atoms with Crippen molar-refractivity contribution in [3.05, 3.63) is 12.2 Å². The van der Waals surface area contributed by atoms with Gasteiger partial charge in [0.05, 0.1) is 14.2 Å². The van der Waals surface area contributed by atoms with E-state index in [0.29, 0.717) is 0 Å². The highest BCUT2D eigenvalue weighted by molar-refractivity contribution is 6.41. The molecule has 0 saturated carbocycles. The minimum Gasteiger partial charge on any atom is -0.467 e. The highest BCUT2D eigenvalue weighted by Gasteiger charge is 2.53. The SMILES string of the molecule is C/C=C/C(CC)C(O)(C(=O)OC)C(=O)C(=O)OC. The number of Topliss-reactive ketones (excluding diaryl/α,β-unsaturated/α-hetero) is 1. The minimum atomic E-state index is -2.55. The molecule has 0 aliphatic rings. The lowest BCUT2D eigenvalue weighted by molar-refractivity contribution is -0.179. The zero-order chi connectivity index (χ0) is 14.3. The van der Waals surface area contributed by atoms with Gasteiger partial charge in [-0.1, -0.05) is 19.1 Å². The highest BCUT2D eigenvalue weighted by Crippen LogP contribution is 2.26. The number of esters is 2. The summed E-state index contributed by atoms with van der Waals surface area (Å²) in [5.41, 5.74) is -2.55. The number of rotatable bonds is 6. The number of ether oxygens (including phenoxy) is 2. The molecular weight excluding hydrogens is 240 g/mol. The van der Waals surface area contributed by atoms with Gasteiger partial charge in [0.25, 0.3) is 5.78 Å². The number of aliphatic hydroxyl groups is 1. The molecule has 0 aliphatic carbocycles. The number of ketones is 1. The molecule has 0 radical (unpaired) electrons. The van der Waals surface area contributed by atoms with E-state index in [1.165, 1.54) is 6.08 Å². The van der Waals surface area contributed by atoms with Crippen molar-refractivity contribution in [3.8, 4) is 0 Å². The summed E-state index contributed by atoms with van der Waals surface area (Å²) in [5.74, 6) is -4.66. The van der Waals surface area contributed by atoms with Crippen LogP contribution in [0.2, 0.25) is 0 Å². The fourth-order valence-corrected chi connectivity index (χ4v) is 1.62. The summed E-state index contributed by atoms with van der Waals surface area (Å²) >= 11 is 0. The van der Waals surface area contributed by atoms with Crippen LogP contribution >= 0.6 is 0 Å². The van der Waals surface area contributed by atoms with E-state index in [4.69, 9.17) is 0 Å². The van der Waals surface area contributed by atoms with Crippen molar-refractivity contribution in [2.24, 2.45) is 5.92 Å². The van der Waals surface area contributed by atoms with Crippen molar-refractivity contribution in [3.63, 3.8) is 0 Å². The van der Waals surface area contributed by atoms with Crippen molar-refractivity contribution in [1.82, 2.24) is 0 Å². The fraction of sp³-hybridized carbons (Fsp3) is 0.583. The molecule has 0 aromatic heterocycles. The Balaban J connectivity index is 5.62. The smallest absolute Gasteiger partial charge is 0.378 e. The molecule has 0 heterocycles. The lowest BCUT2D eigenvalue weighted by Crippen LogP contribution is -2.55. The first-order valence-electron chi connectivity index (χ1n) is 5.46. The van der Waals surface area contributed by atoms with Gasteiger partial charge in [-0.15, -0.1) is 0 Å². The molecule has 1 N–H and O–H groups in total. The number of carbonyl (C=O) groups excluding carboxylic acids is 3. The van der Waals surface area contributed by atoms with E-state index in [-0.39, 0.29) is 6.42 Å². The average Bonchev–Trinajstić information content (AvgIpc) is 2.40. The third kappa shape index (κ3) is 2.95. The van der Waals surface area contributed by atoms with Crippen LogP contribution in [0, 0.1) is 5.92 Å². The van der Waals surface area contributed by atoms with E-state index in [9.17, 15) is 19.5 Å². The zero-order valence-electron chi connectivity index (χ0n) is 10.9. The molecule has 102 valence electrons. The molecule has 0 spiro atoms. The summed E-state index contributed by atoms with van der Waals surface area (Å²) in [6.45, 7) is 3.34. The predicted molar refractivity (Wildman–Crippen MR) is 62.6 cm³/mol. The second-order valence-electron chi connectivity index (χ2n) is 3.62. The van der Waals surface area contributed by atoms with Gasteiger partial charge in [-0.3, -0.25) is 4.79 Å². The number of hydrogen-bond donors (Lipinski definition) is 1. The molecule has 0 aromatic rings. The standard InChI is InChI=1S/C12H18O6/c1-5-7-8(6-2)12(16,11(15)18-4)9(13)10(14)17-3/h5,7-8,16H,6H2,1-4H3/b7-5+. The predicted octanol–water partition coefficient (Wildman–Crippen LogP) is 0.235. The first-order chi connectivity index (χ1) is 8.39. The van der Waals surface area contributed by atoms with Gasteiger partial charge in [-0.05, 0) is 13.3 Å². The van der Waals surface area contributed by atoms with Crippen molar-refractivity contribution < 1.29 is 29.0 Å². The molecule has 0 aromatic carbocycles. The van der Waals surface area contributed by atoms with Gasteiger partial charge in [0, 0.05) is 5.92 Å². The Labute approximate surface area is 106 Å². The Bertz CT molecular complexity index is 360. The molecular formula is C12H18O6. The molecule has 6 heteroatoms. The molecule has 0 saturated heterocycles. The fourth-order valence-electron chi connectivity index (χ4n) is 1.62. The summed E-state index contributed by atoms with van der Waals surface area (Å²) in [7, 11) is 2.02. The van der Waals surface area contributed by atoms with Crippen molar-refractivity contribution in [2.45, 2.75) is 25.9 Å². The van der Waals surface area contributed by atoms with Gasteiger partial charge in [-0.25, -0.2) is 9.59 Å². The Morgan fingerprint density at radius 1 is 1.28 bits per heavy atom. The van der Waals surface area contributed by atoms with Crippen LogP contribution in [0.15, 0.2) is 12.2 Å². The van der Waals surface area contributed by atoms with Crippen LogP contribution < -0.4 is 0 Å². The maximum atomic E-state index is 11.8. The van der Waals surface area contributed by atoms with E-state index in [1.807, 2.05) is 0 Å². The molecule has 0 aliphatic heterocycles. The second-order valence-corrected chi connectivity index (χ2v) is 3.62. The van der Waals surface area contributed by atoms with Crippen LogP contribution in [0.1, 0.15) is 20.3 Å². The van der Waals surface area contributed by atoms with Gasteiger partial charge in [0.1, 0.15) is 0 Å². The largest absolute Gasteiger partial charge is 0.467 e. The van der Waals surface area contributed by atoms with Crippen LogP contribution in [0.25, 0.3) is 0 Å². The van der Waals surface area contributed by atoms with Crippen molar-refractivity contribution in [1.29, 1.82) is 0 Å². The summed E-state index contributed by atoms with van der Waals surface area (Å²) in [4.78, 5) is 34.7. The van der Waals surface area contributed by atoms with Crippen LogP contribution in [-0.4, -0.2) is 42.6 Å². The summed E-state index contributed by atoms with van der Waals surface area (Å²) in [6, 6.07) is 0. The van der Waals surface area contributed by atoms with E-state index >= 15 is 0 Å². The number of carbonyl (C=O) groups is 3. The molecule has 6 nitrogen and oxygen atoms in total. The summed E-state index contributed by atoms with van der Waals surface area (Å²) in [6.07, 6.45) is 3.32. The maximum Gasteiger partial charge on any atom is 0.378 e. The van der Waals surface area contributed by atoms with E-state index in [2.05, 4.69) is 9.47 Å². The van der Waals surface area contributed by atoms with Gasteiger partial charge in [0.15, 0.2) is 0 Å². The van der Waals surface area contributed by atoms with Crippen LogP contribution in [0.5, 0.6) is 0 Å². The first-order valence-corrected chi connectivity index (χ1v) is 5.46. The lowest BCUT2D eigenvalue weighted by atomic mass is 9.81. The first kappa shape index (κ1) is 16.3. The van der Waals surface area contributed by atoms with Crippen LogP contribution in [-0.2, 0) is 23.9 Å². The normalized spacial score (nSPS) is 15.8. The summed E-state index contributed by atoms with van der Waals surface area (Å²) in [5, 5.41) is 10.3. The molecule has 2 atom stereocenters. The van der Waals surface area contributed by atoms with Crippen molar-refractivity contribution in [2.75, 3.05) is 14.2 Å². The summed E-state index contributed by atoms with van der Waals surface area (Å²) < 4.78 is 8.65. The Kier molecular flexibility index (Phi) is 6.26. The minimum absolute atomic E-state index is 0.276. The Hall–Kier alpha value is -1.69. The topological polar surface area (TPSA) is 89.9 Å². The van der Waals surface area contributed by atoms with Crippen LogP contribution in [0.4, 0.5) is 0 Å². The molecule has 0 amide bonds. The van der Waals surface area contributed by atoms with Gasteiger partial charge >= 0.3 is 11.9 Å². The third-order valence-electron chi connectivity index (χ3n) is 2.61. The monoisotopic (exact) mass is 258 g/mol. The molecule has 0 rings (SSSR count). The van der Waals surface area contributed by atoms with Gasteiger partial charge in [0.2, 0.25) is 5.60 Å². The zero-order valence-corrected chi connectivity index (χ0v) is 10.9. The number of hydrogen-bond acceptors (Lipinski definition) is 6. The quantitative estimate of drug-likeness (QED) is 0.317. The number of allylic oxidation sites excluding steroid dienone is 1. The average molecular weight is 258 g/mol. The third-order valence-corrected chi connectivity index (χ3v) is 2.61.